The van der Waals surface area contributed by atoms with Gasteiger partial charge in [0.25, 0.3) is 0 Å². The maximum atomic E-state index is 10.4. The molecule has 1 N–H and O–H groups in total. The summed E-state index contributed by atoms with van der Waals surface area (Å²) in [4.78, 5) is 14.4. The van der Waals surface area contributed by atoms with E-state index in [0.717, 1.165) is 24.3 Å². The van der Waals surface area contributed by atoms with Gasteiger partial charge in [-0.2, -0.15) is 0 Å². The highest BCUT2D eigenvalue weighted by molar-refractivity contribution is 5.68. The van der Waals surface area contributed by atoms with Gasteiger partial charge >= 0.3 is 5.97 Å². The van der Waals surface area contributed by atoms with Crippen LogP contribution in [0.25, 0.3) is 0 Å². The summed E-state index contributed by atoms with van der Waals surface area (Å²) >= 11 is 0. The van der Waals surface area contributed by atoms with E-state index in [9.17, 15) is 4.79 Å². The Labute approximate surface area is 75.6 Å². The van der Waals surface area contributed by atoms with Crippen molar-refractivity contribution in [1.82, 2.24) is 4.98 Å². The van der Waals surface area contributed by atoms with Gasteiger partial charge in [0.05, 0.1) is 5.69 Å². The maximum Gasteiger partial charge on any atom is 0.312 e. The van der Waals surface area contributed by atoms with Gasteiger partial charge in [0.2, 0.25) is 5.89 Å². The van der Waals surface area contributed by atoms with Crippen molar-refractivity contribution in [2.75, 3.05) is 0 Å². The van der Waals surface area contributed by atoms with Gasteiger partial charge in [-0.3, -0.25) is 4.79 Å². The van der Waals surface area contributed by atoms with Crippen LogP contribution in [0.15, 0.2) is 4.42 Å². The summed E-state index contributed by atoms with van der Waals surface area (Å²) in [6.07, 6.45) is 2.17. The Balaban J connectivity index is 2.19. The summed E-state index contributed by atoms with van der Waals surface area (Å²) in [5.74, 6) is 0.807. The van der Waals surface area contributed by atoms with E-state index in [1.165, 1.54) is 0 Å². The van der Waals surface area contributed by atoms with Gasteiger partial charge in [0.1, 0.15) is 12.2 Å². The average molecular weight is 181 g/mol. The molecule has 0 saturated heterocycles. The van der Waals surface area contributed by atoms with Gasteiger partial charge < -0.3 is 9.52 Å². The van der Waals surface area contributed by atoms with Crippen LogP contribution in [-0.4, -0.2) is 16.1 Å². The van der Waals surface area contributed by atoms with E-state index >= 15 is 0 Å². The first-order valence-electron chi connectivity index (χ1n) is 4.35. The molecule has 70 valence electrons. The van der Waals surface area contributed by atoms with Crippen molar-refractivity contribution in [2.24, 2.45) is 0 Å². The van der Waals surface area contributed by atoms with Crippen LogP contribution in [0.1, 0.15) is 36.1 Å². The molecule has 1 fully saturated rings. The predicted molar refractivity (Wildman–Crippen MR) is 44.6 cm³/mol. The van der Waals surface area contributed by atoms with Crippen molar-refractivity contribution in [3.8, 4) is 0 Å². The highest BCUT2D eigenvalue weighted by Gasteiger charge is 2.30. The molecule has 1 heterocycles. The van der Waals surface area contributed by atoms with E-state index in [0.29, 0.717) is 11.8 Å². The summed E-state index contributed by atoms with van der Waals surface area (Å²) < 4.78 is 5.36. The fourth-order valence-corrected chi connectivity index (χ4v) is 1.39. The van der Waals surface area contributed by atoms with E-state index in [-0.39, 0.29) is 6.42 Å². The number of rotatable bonds is 3. The Morgan fingerprint density at radius 3 is 2.92 bits per heavy atom. The molecule has 1 aromatic rings. The smallest absolute Gasteiger partial charge is 0.312 e. The molecule has 0 radical (unpaired) electrons. The molecule has 1 aromatic heterocycles. The van der Waals surface area contributed by atoms with E-state index in [4.69, 9.17) is 9.52 Å². The van der Waals surface area contributed by atoms with Gasteiger partial charge in [-0.15, -0.1) is 0 Å². The van der Waals surface area contributed by atoms with Gasteiger partial charge in [0.15, 0.2) is 0 Å². The van der Waals surface area contributed by atoms with Crippen molar-refractivity contribution in [3.63, 3.8) is 0 Å². The molecule has 2 rings (SSSR count). The van der Waals surface area contributed by atoms with Gasteiger partial charge in [0, 0.05) is 5.92 Å². The van der Waals surface area contributed by atoms with E-state index in [2.05, 4.69) is 4.98 Å². The van der Waals surface area contributed by atoms with Crippen LogP contribution in [0, 0.1) is 6.92 Å². The minimum atomic E-state index is -0.899. The zero-order chi connectivity index (χ0) is 9.42. The molecular formula is C9H11NO3. The van der Waals surface area contributed by atoms with E-state index in [1.54, 1.807) is 0 Å². The molecule has 0 unspecified atom stereocenters. The monoisotopic (exact) mass is 181 g/mol. The SMILES string of the molecule is Cc1nc(CC(=O)O)oc1C1CC1. The molecule has 0 bridgehead atoms. The first kappa shape index (κ1) is 8.29. The Morgan fingerprint density at radius 1 is 1.69 bits per heavy atom. The first-order valence-corrected chi connectivity index (χ1v) is 4.35. The quantitative estimate of drug-likeness (QED) is 0.767. The Hall–Kier alpha value is -1.32. The summed E-state index contributed by atoms with van der Waals surface area (Å²) in [6.45, 7) is 1.86. The highest BCUT2D eigenvalue weighted by atomic mass is 16.4. The van der Waals surface area contributed by atoms with Crippen molar-refractivity contribution in [1.29, 1.82) is 0 Å². The largest absolute Gasteiger partial charge is 0.481 e. The van der Waals surface area contributed by atoms with Crippen LogP contribution >= 0.6 is 0 Å². The third-order valence-electron chi connectivity index (χ3n) is 2.13. The fourth-order valence-electron chi connectivity index (χ4n) is 1.39. The summed E-state index contributed by atoms with van der Waals surface area (Å²) in [5, 5.41) is 8.52. The lowest BCUT2D eigenvalue weighted by atomic mass is 10.3. The molecule has 0 amide bonds. The number of oxazole rings is 1. The lowest BCUT2D eigenvalue weighted by Crippen LogP contribution is -1.99. The second kappa shape index (κ2) is 2.87. The summed E-state index contributed by atoms with van der Waals surface area (Å²) in [6, 6.07) is 0. The molecule has 0 spiro atoms. The number of carbonyl (C=O) groups is 1. The molecule has 4 heteroatoms. The Bertz CT molecular complexity index is 339. The van der Waals surface area contributed by atoms with Gasteiger partial charge in [-0.1, -0.05) is 0 Å². The topological polar surface area (TPSA) is 63.3 Å². The number of hydrogen-bond acceptors (Lipinski definition) is 3. The molecule has 0 aromatic carbocycles. The molecule has 4 nitrogen and oxygen atoms in total. The van der Waals surface area contributed by atoms with Crippen LogP contribution in [0.3, 0.4) is 0 Å². The fraction of sp³-hybridized carbons (Fsp3) is 0.556. The normalized spacial score (nSPS) is 16.1. The van der Waals surface area contributed by atoms with E-state index in [1.807, 2.05) is 6.92 Å². The van der Waals surface area contributed by atoms with Crippen molar-refractivity contribution in [3.05, 3.63) is 17.3 Å². The molecule has 0 aliphatic heterocycles. The predicted octanol–water partition coefficient (Wildman–Crippen LogP) is 1.49. The average Bonchev–Trinajstić information content (AvgIpc) is 2.77. The number of aliphatic carboxylic acids is 1. The van der Waals surface area contributed by atoms with Crippen LogP contribution in [-0.2, 0) is 11.2 Å². The zero-order valence-electron chi connectivity index (χ0n) is 7.41. The van der Waals surface area contributed by atoms with Crippen LogP contribution < -0.4 is 0 Å². The van der Waals surface area contributed by atoms with Crippen molar-refractivity contribution >= 4 is 5.97 Å². The zero-order valence-corrected chi connectivity index (χ0v) is 7.41. The van der Waals surface area contributed by atoms with Crippen LogP contribution in [0.4, 0.5) is 0 Å². The third kappa shape index (κ3) is 1.71. The minimum absolute atomic E-state index is 0.118. The van der Waals surface area contributed by atoms with Gasteiger partial charge in [-0.25, -0.2) is 4.98 Å². The number of carboxylic acids is 1. The lowest BCUT2D eigenvalue weighted by Gasteiger charge is -1.89. The van der Waals surface area contributed by atoms with Crippen LogP contribution in [0.2, 0.25) is 0 Å². The van der Waals surface area contributed by atoms with Crippen LogP contribution in [0.5, 0.6) is 0 Å². The molecular weight excluding hydrogens is 170 g/mol. The second-order valence-electron chi connectivity index (χ2n) is 3.40. The lowest BCUT2D eigenvalue weighted by molar-refractivity contribution is -0.136. The molecule has 0 atom stereocenters. The van der Waals surface area contributed by atoms with Crippen molar-refractivity contribution in [2.45, 2.75) is 32.1 Å². The standard InChI is InChI=1S/C9H11NO3/c1-5-9(6-2-3-6)13-7(10-5)4-8(11)12/h6H,2-4H2,1H3,(H,11,12). The molecule has 1 aliphatic rings. The van der Waals surface area contributed by atoms with Gasteiger partial charge in [-0.05, 0) is 19.8 Å². The number of nitrogens with zero attached hydrogens (tertiary/aromatic N) is 1. The summed E-state index contributed by atoms with van der Waals surface area (Å²) in [5.41, 5.74) is 0.846. The minimum Gasteiger partial charge on any atom is -0.481 e. The van der Waals surface area contributed by atoms with E-state index < -0.39 is 5.97 Å². The number of carboxylic acid groups (broad SMARTS) is 1. The number of hydrogen-bond donors (Lipinski definition) is 1. The Morgan fingerprint density at radius 2 is 2.38 bits per heavy atom. The highest BCUT2D eigenvalue weighted by Crippen LogP contribution is 2.41. The number of aromatic nitrogens is 1. The Kier molecular flexibility index (Phi) is 1.83. The molecule has 13 heavy (non-hydrogen) atoms. The first-order chi connectivity index (χ1) is 6.16. The molecule has 1 aliphatic carbocycles. The second-order valence-corrected chi connectivity index (χ2v) is 3.40. The third-order valence-corrected chi connectivity index (χ3v) is 2.13. The maximum absolute atomic E-state index is 10.4. The number of aryl methyl sites for hydroxylation is 1. The summed E-state index contributed by atoms with van der Waals surface area (Å²) in [7, 11) is 0. The van der Waals surface area contributed by atoms with Crippen molar-refractivity contribution < 1.29 is 14.3 Å². The molecule has 1 saturated carbocycles.